The summed E-state index contributed by atoms with van der Waals surface area (Å²) >= 11 is 0. The van der Waals surface area contributed by atoms with Crippen molar-refractivity contribution in [2.24, 2.45) is 5.41 Å². The summed E-state index contributed by atoms with van der Waals surface area (Å²) in [5.41, 5.74) is 1.70. The molecule has 1 aromatic carbocycles. The van der Waals surface area contributed by atoms with Crippen LogP contribution in [-0.2, 0) is 11.2 Å². The number of H-pyrrole nitrogens is 1. The van der Waals surface area contributed by atoms with Crippen molar-refractivity contribution in [2.75, 3.05) is 24.5 Å². The minimum absolute atomic E-state index is 0.139. The monoisotopic (exact) mass is 407 g/mol. The van der Waals surface area contributed by atoms with Gasteiger partial charge in [-0.05, 0) is 50.8 Å². The van der Waals surface area contributed by atoms with E-state index in [0.717, 1.165) is 36.2 Å². The molecule has 2 aliphatic heterocycles. The van der Waals surface area contributed by atoms with Crippen molar-refractivity contribution < 1.29 is 9.18 Å². The van der Waals surface area contributed by atoms with Crippen molar-refractivity contribution in [2.45, 2.75) is 39.2 Å². The molecule has 7 heteroatoms. The van der Waals surface area contributed by atoms with E-state index >= 15 is 0 Å². The van der Waals surface area contributed by atoms with Crippen molar-refractivity contribution in [3.63, 3.8) is 0 Å². The number of nitrogens with one attached hydrogen (secondary N) is 1. The number of aromatic nitrogens is 3. The Morgan fingerprint density at radius 3 is 2.80 bits per heavy atom. The molecule has 4 heterocycles. The van der Waals surface area contributed by atoms with Gasteiger partial charge in [-0.25, -0.2) is 14.4 Å². The molecule has 0 radical (unpaired) electrons. The van der Waals surface area contributed by atoms with Gasteiger partial charge in [-0.3, -0.25) is 4.79 Å². The normalized spacial score (nSPS) is 20.6. The predicted octanol–water partition coefficient (Wildman–Crippen LogP) is 3.47. The van der Waals surface area contributed by atoms with Gasteiger partial charge in [0, 0.05) is 31.9 Å². The van der Waals surface area contributed by atoms with Crippen LogP contribution in [0.15, 0.2) is 36.5 Å². The van der Waals surface area contributed by atoms with Crippen LogP contribution in [0.5, 0.6) is 0 Å². The zero-order chi connectivity index (χ0) is 20.9. The van der Waals surface area contributed by atoms with Gasteiger partial charge < -0.3 is 14.8 Å². The first-order valence-corrected chi connectivity index (χ1v) is 10.6. The summed E-state index contributed by atoms with van der Waals surface area (Å²) in [6.45, 7) is 5.81. The van der Waals surface area contributed by atoms with Crippen LogP contribution >= 0.6 is 0 Å². The molecule has 30 heavy (non-hydrogen) atoms. The highest BCUT2D eigenvalue weighted by Crippen LogP contribution is 2.41. The van der Waals surface area contributed by atoms with Gasteiger partial charge in [0.1, 0.15) is 17.2 Å². The SMILES string of the molecule is Cc1nc(N2CC(Cc3ccccc3F)(C(=O)N3CCCC3C)C2)c2[nH]ccc2n1. The Morgan fingerprint density at radius 2 is 2.07 bits per heavy atom. The van der Waals surface area contributed by atoms with E-state index in [9.17, 15) is 9.18 Å². The number of nitrogens with zero attached hydrogens (tertiary/aromatic N) is 4. The van der Waals surface area contributed by atoms with Crippen LogP contribution in [0.1, 0.15) is 31.2 Å². The highest BCUT2D eigenvalue weighted by atomic mass is 19.1. The highest BCUT2D eigenvalue weighted by Gasteiger charge is 2.53. The lowest BCUT2D eigenvalue weighted by atomic mass is 9.73. The Morgan fingerprint density at radius 1 is 1.27 bits per heavy atom. The molecule has 2 aromatic heterocycles. The minimum Gasteiger partial charge on any atom is -0.357 e. The number of amides is 1. The fraction of sp³-hybridized carbons (Fsp3) is 0.435. The van der Waals surface area contributed by atoms with Gasteiger partial charge in [0.05, 0.1) is 10.9 Å². The molecule has 3 aromatic rings. The number of rotatable bonds is 4. The van der Waals surface area contributed by atoms with E-state index < -0.39 is 5.41 Å². The zero-order valence-corrected chi connectivity index (χ0v) is 17.4. The Balaban J connectivity index is 1.48. The maximum Gasteiger partial charge on any atom is 0.232 e. The predicted molar refractivity (Wildman–Crippen MR) is 114 cm³/mol. The molecule has 2 saturated heterocycles. The standard InChI is InChI=1S/C23H26FN5O/c1-15-6-5-11-29(15)22(30)23(12-17-7-3-4-8-18(17)24)13-28(14-23)21-20-19(9-10-25-20)26-16(2)27-21/h3-4,7-10,15,25H,5-6,11-14H2,1-2H3. The molecular formula is C23H26FN5O. The van der Waals surface area contributed by atoms with Crippen molar-refractivity contribution in [3.05, 3.63) is 53.7 Å². The number of hydrogen-bond acceptors (Lipinski definition) is 4. The van der Waals surface area contributed by atoms with Crippen LogP contribution in [-0.4, -0.2) is 51.4 Å². The first-order valence-electron chi connectivity index (χ1n) is 10.6. The number of anilines is 1. The second-order valence-electron chi connectivity index (χ2n) is 8.73. The van der Waals surface area contributed by atoms with Crippen LogP contribution in [0.2, 0.25) is 0 Å². The summed E-state index contributed by atoms with van der Waals surface area (Å²) in [5.74, 6) is 1.40. The van der Waals surface area contributed by atoms with Gasteiger partial charge >= 0.3 is 0 Å². The fourth-order valence-electron chi connectivity index (χ4n) is 4.97. The number of carbonyl (C=O) groups excluding carboxylic acids is 1. The number of halogens is 1. The number of likely N-dealkylation sites (tertiary alicyclic amines) is 1. The molecule has 5 rings (SSSR count). The molecule has 2 fully saturated rings. The van der Waals surface area contributed by atoms with Gasteiger partial charge in [-0.2, -0.15) is 0 Å². The quantitative estimate of drug-likeness (QED) is 0.719. The maximum absolute atomic E-state index is 14.5. The third kappa shape index (κ3) is 3.04. The van der Waals surface area contributed by atoms with Gasteiger partial charge in [0.15, 0.2) is 5.82 Å². The first kappa shape index (κ1) is 19.0. The van der Waals surface area contributed by atoms with E-state index in [2.05, 4.69) is 26.8 Å². The lowest BCUT2D eigenvalue weighted by Crippen LogP contribution is -2.65. The molecule has 1 atom stereocenters. The first-order chi connectivity index (χ1) is 14.5. The van der Waals surface area contributed by atoms with E-state index in [-0.39, 0.29) is 17.8 Å². The zero-order valence-electron chi connectivity index (χ0n) is 17.4. The molecule has 1 N–H and O–H groups in total. The number of aryl methyl sites for hydroxylation is 1. The number of carbonyl (C=O) groups is 1. The van der Waals surface area contributed by atoms with Gasteiger partial charge in [-0.15, -0.1) is 0 Å². The van der Waals surface area contributed by atoms with Crippen molar-refractivity contribution >= 4 is 22.8 Å². The second kappa shape index (κ2) is 7.07. The molecular weight excluding hydrogens is 381 g/mol. The second-order valence-corrected chi connectivity index (χ2v) is 8.73. The summed E-state index contributed by atoms with van der Waals surface area (Å²) in [6, 6.07) is 8.95. The lowest BCUT2D eigenvalue weighted by Gasteiger charge is -2.51. The van der Waals surface area contributed by atoms with E-state index in [1.54, 1.807) is 12.1 Å². The molecule has 156 valence electrons. The Labute approximate surface area is 175 Å². The van der Waals surface area contributed by atoms with E-state index in [1.165, 1.54) is 6.07 Å². The topological polar surface area (TPSA) is 65.1 Å². The molecule has 6 nitrogen and oxygen atoms in total. The fourth-order valence-corrected chi connectivity index (χ4v) is 4.97. The van der Waals surface area contributed by atoms with Gasteiger partial charge in [0.2, 0.25) is 5.91 Å². The number of hydrogen-bond donors (Lipinski definition) is 1. The molecule has 2 aliphatic rings. The third-order valence-corrected chi connectivity index (χ3v) is 6.54. The summed E-state index contributed by atoms with van der Waals surface area (Å²) in [6.07, 6.45) is 4.31. The number of fused-ring (bicyclic) bond motifs is 1. The van der Waals surface area contributed by atoms with Crippen molar-refractivity contribution in [1.82, 2.24) is 19.9 Å². The Bertz CT molecular complexity index is 1100. The summed E-state index contributed by atoms with van der Waals surface area (Å²) in [7, 11) is 0. The molecule has 1 unspecified atom stereocenters. The average molecular weight is 407 g/mol. The van der Waals surface area contributed by atoms with Crippen LogP contribution in [0.4, 0.5) is 10.2 Å². The van der Waals surface area contributed by atoms with E-state index in [1.807, 2.05) is 30.2 Å². The molecule has 0 spiro atoms. The molecule has 0 saturated carbocycles. The maximum atomic E-state index is 14.5. The van der Waals surface area contributed by atoms with Crippen molar-refractivity contribution in [1.29, 1.82) is 0 Å². The van der Waals surface area contributed by atoms with E-state index in [4.69, 9.17) is 0 Å². The summed E-state index contributed by atoms with van der Waals surface area (Å²) in [5, 5.41) is 0. The summed E-state index contributed by atoms with van der Waals surface area (Å²) in [4.78, 5) is 30.1. The van der Waals surface area contributed by atoms with Crippen LogP contribution < -0.4 is 4.90 Å². The lowest BCUT2D eigenvalue weighted by molar-refractivity contribution is -0.144. The average Bonchev–Trinajstić information content (AvgIpc) is 3.33. The van der Waals surface area contributed by atoms with Crippen LogP contribution in [0, 0.1) is 18.2 Å². The largest absolute Gasteiger partial charge is 0.357 e. The number of benzene rings is 1. The Kier molecular flexibility index (Phi) is 4.49. The van der Waals surface area contributed by atoms with Crippen LogP contribution in [0.3, 0.4) is 0 Å². The number of aromatic amines is 1. The molecule has 0 bridgehead atoms. The molecule has 0 aliphatic carbocycles. The smallest absolute Gasteiger partial charge is 0.232 e. The molecule has 1 amide bonds. The van der Waals surface area contributed by atoms with Gasteiger partial charge in [0.25, 0.3) is 0 Å². The van der Waals surface area contributed by atoms with Crippen LogP contribution in [0.25, 0.3) is 11.0 Å². The minimum atomic E-state index is -0.640. The summed E-state index contributed by atoms with van der Waals surface area (Å²) < 4.78 is 14.5. The van der Waals surface area contributed by atoms with Gasteiger partial charge in [-0.1, -0.05) is 18.2 Å². The highest BCUT2D eigenvalue weighted by molar-refractivity contribution is 5.91. The van der Waals surface area contributed by atoms with Crippen molar-refractivity contribution in [3.8, 4) is 0 Å². The third-order valence-electron chi connectivity index (χ3n) is 6.54. The Hall–Kier alpha value is -2.96. The van der Waals surface area contributed by atoms with E-state index in [0.29, 0.717) is 30.9 Å².